The number of nitrogens with zero attached hydrogens (tertiary/aromatic N) is 3. The molecule has 0 radical (unpaired) electrons. The normalized spacial score (nSPS) is 16.7. The van der Waals surface area contributed by atoms with Gasteiger partial charge in [0.05, 0.1) is 0 Å². The molecule has 0 bridgehead atoms. The quantitative estimate of drug-likeness (QED) is 0.201. The van der Waals surface area contributed by atoms with Crippen molar-refractivity contribution in [2.24, 2.45) is 0 Å². The van der Waals surface area contributed by atoms with E-state index in [9.17, 15) is 0 Å². The lowest BCUT2D eigenvalue weighted by molar-refractivity contribution is 0.0728. The van der Waals surface area contributed by atoms with Gasteiger partial charge in [0.1, 0.15) is 0 Å². The summed E-state index contributed by atoms with van der Waals surface area (Å²) in [5.74, 6) is 0.580. The zero-order valence-corrected chi connectivity index (χ0v) is 30.2. The average Bonchev–Trinajstić information content (AvgIpc) is 3.00. The molecule has 0 aromatic heterocycles. The Morgan fingerprint density at radius 2 is 1.61 bits per heavy atom. The smallest absolute Gasteiger partial charge is 0.0391 e. The SMILES string of the molecule is CC/C=C(\C(C)=C(C)C)N(C)/C=C/c1cc(CC)c(CN2CCN(Cc3cccc(C(C)C)c3CCC)C(C)C2)c(CC)c1. The minimum absolute atomic E-state index is 0.545. The molecule has 2 aromatic carbocycles. The summed E-state index contributed by atoms with van der Waals surface area (Å²) < 4.78 is 0. The summed E-state index contributed by atoms with van der Waals surface area (Å²) in [7, 11) is 2.17. The van der Waals surface area contributed by atoms with E-state index < -0.39 is 0 Å². The lowest BCUT2D eigenvalue weighted by Crippen LogP contribution is -2.51. The summed E-state index contributed by atoms with van der Waals surface area (Å²) in [6.45, 7) is 28.4. The minimum Gasteiger partial charge on any atom is -0.351 e. The lowest BCUT2D eigenvalue weighted by Gasteiger charge is -2.41. The van der Waals surface area contributed by atoms with Crippen molar-refractivity contribution in [1.29, 1.82) is 0 Å². The maximum atomic E-state index is 2.72. The summed E-state index contributed by atoms with van der Waals surface area (Å²) in [5, 5.41) is 0. The number of likely N-dealkylation sites (N-methyl/N-ethyl adjacent to an activating group) is 1. The van der Waals surface area contributed by atoms with Crippen LogP contribution < -0.4 is 0 Å². The number of benzene rings is 2. The zero-order valence-electron chi connectivity index (χ0n) is 30.2. The highest BCUT2D eigenvalue weighted by molar-refractivity contribution is 5.55. The van der Waals surface area contributed by atoms with Crippen LogP contribution in [0.1, 0.15) is 127 Å². The number of piperazine rings is 1. The third kappa shape index (κ3) is 9.21. The van der Waals surface area contributed by atoms with E-state index in [1.54, 1.807) is 22.3 Å². The van der Waals surface area contributed by atoms with Crippen molar-refractivity contribution >= 4 is 6.08 Å². The van der Waals surface area contributed by atoms with Crippen LogP contribution in [0.2, 0.25) is 0 Å². The molecule has 0 spiro atoms. The predicted octanol–water partition coefficient (Wildman–Crippen LogP) is 10.1. The first-order chi connectivity index (χ1) is 21.0. The maximum Gasteiger partial charge on any atom is 0.0391 e. The molecule has 1 heterocycles. The fraction of sp³-hybridized carbons (Fsp3) is 0.561. The van der Waals surface area contributed by atoms with Gasteiger partial charge in [-0.05, 0) is 110 Å². The second kappa shape index (κ2) is 17.2. The van der Waals surface area contributed by atoms with E-state index in [1.807, 2.05) is 0 Å². The van der Waals surface area contributed by atoms with E-state index in [4.69, 9.17) is 0 Å². The van der Waals surface area contributed by atoms with E-state index in [-0.39, 0.29) is 0 Å². The van der Waals surface area contributed by atoms with Gasteiger partial charge in [0, 0.05) is 57.7 Å². The van der Waals surface area contributed by atoms with Crippen LogP contribution in [0.3, 0.4) is 0 Å². The van der Waals surface area contributed by atoms with Crippen LogP contribution in [0.5, 0.6) is 0 Å². The molecule has 0 N–H and O–H groups in total. The monoisotopic (exact) mass is 598 g/mol. The number of rotatable bonds is 14. The Kier molecular flexibility index (Phi) is 14.0. The van der Waals surface area contributed by atoms with Crippen molar-refractivity contribution in [3.8, 4) is 0 Å². The van der Waals surface area contributed by atoms with Crippen molar-refractivity contribution in [3.63, 3.8) is 0 Å². The molecule has 44 heavy (non-hydrogen) atoms. The number of allylic oxidation sites excluding steroid dienone is 3. The summed E-state index contributed by atoms with van der Waals surface area (Å²) in [6, 6.07) is 12.4. The highest BCUT2D eigenvalue weighted by Crippen LogP contribution is 2.28. The van der Waals surface area contributed by atoms with Gasteiger partial charge in [-0.15, -0.1) is 0 Å². The summed E-state index contributed by atoms with van der Waals surface area (Å²) in [4.78, 5) is 7.71. The molecule has 3 rings (SSSR count). The van der Waals surface area contributed by atoms with Crippen LogP contribution in [0.4, 0.5) is 0 Å². The molecule has 1 atom stereocenters. The first kappa shape index (κ1) is 35.9. The van der Waals surface area contributed by atoms with Gasteiger partial charge >= 0.3 is 0 Å². The summed E-state index contributed by atoms with van der Waals surface area (Å²) >= 11 is 0. The largest absolute Gasteiger partial charge is 0.351 e. The first-order valence-corrected chi connectivity index (χ1v) is 17.5. The van der Waals surface area contributed by atoms with Crippen molar-refractivity contribution in [2.45, 2.75) is 126 Å². The predicted molar refractivity (Wildman–Crippen MR) is 194 cm³/mol. The molecule has 1 fully saturated rings. The molecular formula is C41H63N3. The molecule has 3 nitrogen and oxygen atoms in total. The van der Waals surface area contributed by atoms with Crippen molar-refractivity contribution in [2.75, 3.05) is 26.7 Å². The van der Waals surface area contributed by atoms with E-state index >= 15 is 0 Å². The van der Waals surface area contributed by atoms with Crippen molar-refractivity contribution < 1.29 is 0 Å². The number of hydrogen-bond acceptors (Lipinski definition) is 3. The van der Waals surface area contributed by atoms with Crippen LogP contribution in [-0.2, 0) is 32.4 Å². The van der Waals surface area contributed by atoms with Gasteiger partial charge in [-0.2, -0.15) is 0 Å². The fourth-order valence-electron chi connectivity index (χ4n) is 6.83. The van der Waals surface area contributed by atoms with Gasteiger partial charge in [0.15, 0.2) is 0 Å². The zero-order chi connectivity index (χ0) is 32.4. The Labute approximate surface area is 271 Å². The molecule has 0 aliphatic carbocycles. The Hall–Kier alpha value is -2.62. The second-order valence-electron chi connectivity index (χ2n) is 13.5. The average molecular weight is 598 g/mol. The molecule has 1 aliphatic rings. The van der Waals surface area contributed by atoms with E-state index in [0.29, 0.717) is 12.0 Å². The Morgan fingerprint density at radius 1 is 0.932 bits per heavy atom. The highest BCUT2D eigenvalue weighted by atomic mass is 15.3. The third-order valence-electron chi connectivity index (χ3n) is 9.66. The van der Waals surface area contributed by atoms with Crippen LogP contribution in [-0.4, -0.2) is 47.4 Å². The number of hydrogen-bond donors (Lipinski definition) is 0. The fourth-order valence-corrected chi connectivity index (χ4v) is 6.83. The second-order valence-corrected chi connectivity index (χ2v) is 13.5. The molecule has 3 heteroatoms. The third-order valence-corrected chi connectivity index (χ3v) is 9.66. The van der Waals surface area contributed by atoms with Gasteiger partial charge in [-0.1, -0.05) is 89.9 Å². The topological polar surface area (TPSA) is 9.72 Å². The van der Waals surface area contributed by atoms with Crippen LogP contribution in [0.25, 0.3) is 6.08 Å². The van der Waals surface area contributed by atoms with E-state index in [1.165, 1.54) is 46.4 Å². The molecular weight excluding hydrogens is 534 g/mol. The lowest BCUT2D eigenvalue weighted by atomic mass is 9.90. The van der Waals surface area contributed by atoms with Crippen LogP contribution in [0.15, 0.2) is 59.5 Å². The standard InChI is InChI=1S/C41H63N3/c1-12-17-39-37(19-16-20-38(39)31(7)8)28-44-24-23-43(27-32(44)9)29-40-35(14-3)25-34(26-36(40)15-4)21-22-42(11)41(18-13-2)33(10)30(5)6/h16,18-22,25-26,31-32H,12-15,17,23-24,27-29H2,1-11H3/b22-21+,41-18+. The number of aryl methyl sites for hydroxylation is 2. The van der Waals surface area contributed by atoms with Gasteiger partial charge in [-0.25, -0.2) is 0 Å². The van der Waals surface area contributed by atoms with Crippen molar-refractivity contribution in [1.82, 2.24) is 14.7 Å². The molecule has 0 amide bonds. The highest BCUT2D eigenvalue weighted by Gasteiger charge is 2.26. The van der Waals surface area contributed by atoms with Crippen LogP contribution >= 0.6 is 0 Å². The molecule has 2 aromatic rings. The molecule has 1 saturated heterocycles. The summed E-state index contributed by atoms with van der Waals surface area (Å²) in [6.07, 6.45) is 12.4. The molecule has 242 valence electrons. The first-order valence-electron chi connectivity index (χ1n) is 17.5. The van der Waals surface area contributed by atoms with Gasteiger partial charge in [0.2, 0.25) is 0 Å². The van der Waals surface area contributed by atoms with Gasteiger partial charge in [-0.3, -0.25) is 9.80 Å². The summed E-state index contributed by atoms with van der Waals surface area (Å²) in [5.41, 5.74) is 14.6. The molecule has 0 saturated carbocycles. The van der Waals surface area contributed by atoms with E-state index in [2.05, 4.69) is 140 Å². The van der Waals surface area contributed by atoms with Gasteiger partial charge in [0.25, 0.3) is 0 Å². The Bertz CT molecular complexity index is 1280. The Balaban J connectivity index is 1.76. The Morgan fingerprint density at radius 3 is 2.16 bits per heavy atom. The van der Waals surface area contributed by atoms with Crippen molar-refractivity contribution in [3.05, 3.63) is 98.4 Å². The maximum absolute atomic E-state index is 2.72. The minimum atomic E-state index is 0.545. The van der Waals surface area contributed by atoms with Gasteiger partial charge < -0.3 is 4.90 Å². The van der Waals surface area contributed by atoms with Crippen LogP contribution in [0, 0.1) is 0 Å². The van der Waals surface area contributed by atoms with E-state index in [0.717, 1.165) is 52.0 Å². The molecule has 1 unspecified atom stereocenters. The molecule has 1 aliphatic heterocycles.